The molecule has 34 heavy (non-hydrogen) atoms. The van der Waals surface area contributed by atoms with Gasteiger partial charge in [0.2, 0.25) is 0 Å². The van der Waals surface area contributed by atoms with Crippen LogP contribution in [0.25, 0.3) is 10.1 Å². The molecule has 0 aliphatic rings. The monoisotopic (exact) mass is 492 g/mol. The molecule has 0 spiro atoms. The van der Waals surface area contributed by atoms with Gasteiger partial charge < -0.3 is 5.32 Å². The number of nitrogens with one attached hydrogen (secondary N) is 2. The van der Waals surface area contributed by atoms with Crippen LogP contribution in [-0.2, 0) is 0 Å². The van der Waals surface area contributed by atoms with Crippen LogP contribution in [0.1, 0.15) is 31.2 Å². The number of anilines is 1. The van der Waals surface area contributed by atoms with Crippen LogP contribution >= 0.6 is 22.9 Å². The van der Waals surface area contributed by atoms with Crippen molar-refractivity contribution in [3.63, 3.8) is 0 Å². The number of carbonyl (C=O) groups is 2. The number of non-ortho nitro benzene ring substituents is 1. The summed E-state index contributed by atoms with van der Waals surface area (Å²) in [5.74, 6) is -0.771. The molecule has 0 atom stereocenters. The van der Waals surface area contributed by atoms with Crippen LogP contribution in [0, 0.1) is 17.0 Å². The molecule has 170 valence electrons. The molecule has 2 N–H and O–H groups in total. The van der Waals surface area contributed by atoms with Crippen LogP contribution in [0.15, 0.2) is 71.8 Å². The number of nitrogens with zero attached hydrogens (tertiary/aromatic N) is 2. The number of nitro benzene ring substituents is 1. The highest BCUT2D eigenvalue weighted by molar-refractivity contribution is 7.21. The van der Waals surface area contributed by atoms with Crippen molar-refractivity contribution in [2.45, 2.75) is 6.92 Å². The molecule has 0 aliphatic carbocycles. The van der Waals surface area contributed by atoms with E-state index in [0.717, 1.165) is 15.6 Å². The normalized spacial score (nSPS) is 11.0. The maximum absolute atomic E-state index is 12.7. The fourth-order valence-corrected chi connectivity index (χ4v) is 4.63. The molecule has 0 fully saturated rings. The minimum atomic E-state index is -0.493. The van der Waals surface area contributed by atoms with E-state index >= 15 is 0 Å². The van der Waals surface area contributed by atoms with Crippen molar-refractivity contribution >= 4 is 62.4 Å². The summed E-state index contributed by atoms with van der Waals surface area (Å²) in [6.07, 6.45) is 1.38. The highest BCUT2D eigenvalue weighted by Gasteiger charge is 2.17. The van der Waals surface area contributed by atoms with E-state index in [0.29, 0.717) is 26.7 Å². The van der Waals surface area contributed by atoms with Crippen LogP contribution < -0.4 is 10.7 Å². The zero-order valence-electron chi connectivity index (χ0n) is 17.7. The number of aryl methyl sites for hydroxylation is 1. The van der Waals surface area contributed by atoms with E-state index in [1.54, 1.807) is 24.3 Å². The van der Waals surface area contributed by atoms with Crippen LogP contribution in [0.2, 0.25) is 5.02 Å². The van der Waals surface area contributed by atoms with Gasteiger partial charge in [-0.25, -0.2) is 5.43 Å². The van der Waals surface area contributed by atoms with Crippen LogP contribution in [0.3, 0.4) is 0 Å². The van der Waals surface area contributed by atoms with Crippen LogP contribution in [-0.4, -0.2) is 23.0 Å². The van der Waals surface area contributed by atoms with Gasteiger partial charge in [0, 0.05) is 33.5 Å². The molecule has 3 aromatic carbocycles. The Morgan fingerprint density at radius 1 is 1.03 bits per heavy atom. The van der Waals surface area contributed by atoms with E-state index in [4.69, 9.17) is 11.6 Å². The van der Waals surface area contributed by atoms with Gasteiger partial charge >= 0.3 is 0 Å². The van der Waals surface area contributed by atoms with Gasteiger partial charge in [0.15, 0.2) is 0 Å². The molecule has 8 nitrogen and oxygen atoms in total. The summed E-state index contributed by atoms with van der Waals surface area (Å²) in [6, 6.07) is 17.9. The minimum absolute atomic E-state index is 0.0295. The van der Waals surface area contributed by atoms with E-state index in [2.05, 4.69) is 15.8 Å². The number of hydrogen-bond donors (Lipinski definition) is 2. The van der Waals surface area contributed by atoms with Crippen molar-refractivity contribution in [3.05, 3.63) is 103 Å². The first-order valence-corrected chi connectivity index (χ1v) is 11.2. The Balaban J connectivity index is 1.38. The number of rotatable bonds is 6. The van der Waals surface area contributed by atoms with Gasteiger partial charge in [-0.15, -0.1) is 11.3 Å². The minimum Gasteiger partial charge on any atom is -0.321 e. The molecule has 10 heteroatoms. The average molecular weight is 493 g/mol. The number of hydrazone groups is 1. The topological polar surface area (TPSA) is 114 Å². The summed E-state index contributed by atoms with van der Waals surface area (Å²) in [6.45, 7) is 1.98. The maximum atomic E-state index is 12.7. The summed E-state index contributed by atoms with van der Waals surface area (Å²) in [5, 5.41) is 18.6. The predicted octanol–water partition coefficient (Wildman–Crippen LogP) is 5.79. The lowest BCUT2D eigenvalue weighted by atomic mass is 10.2. The van der Waals surface area contributed by atoms with Crippen molar-refractivity contribution < 1.29 is 14.5 Å². The van der Waals surface area contributed by atoms with Gasteiger partial charge in [-0.1, -0.05) is 23.7 Å². The Morgan fingerprint density at radius 3 is 2.41 bits per heavy atom. The second-order valence-corrected chi connectivity index (χ2v) is 8.75. The number of halogens is 1. The van der Waals surface area contributed by atoms with Crippen LogP contribution in [0.4, 0.5) is 11.4 Å². The fraction of sp³-hybridized carbons (Fsp3) is 0.0417. The molecule has 2 amide bonds. The Kier molecular flexibility index (Phi) is 6.67. The highest BCUT2D eigenvalue weighted by atomic mass is 35.5. The Hall–Kier alpha value is -4.08. The molecule has 0 unspecified atom stereocenters. The molecule has 0 bridgehead atoms. The third-order valence-corrected chi connectivity index (χ3v) is 6.54. The third kappa shape index (κ3) is 5.11. The SMILES string of the molecule is Cc1ccc2c(Cl)c(C(=O)Nc3ccc(C(=O)N/N=C\c4ccc([N+](=O)[O-])cc4)cc3)sc2c1. The lowest BCUT2D eigenvalue weighted by molar-refractivity contribution is -0.384. The smallest absolute Gasteiger partial charge is 0.271 e. The predicted molar refractivity (Wildman–Crippen MR) is 134 cm³/mol. The number of nitro groups is 1. The lowest BCUT2D eigenvalue weighted by Crippen LogP contribution is -2.17. The number of amides is 2. The van der Waals surface area contributed by atoms with Crippen LogP contribution in [0.5, 0.6) is 0 Å². The summed E-state index contributed by atoms with van der Waals surface area (Å²) in [5.41, 5.74) is 4.90. The van der Waals surface area contributed by atoms with Crippen molar-refractivity contribution in [2.24, 2.45) is 5.10 Å². The van der Waals surface area contributed by atoms with E-state index < -0.39 is 10.8 Å². The van der Waals surface area contributed by atoms with Crippen molar-refractivity contribution in [2.75, 3.05) is 5.32 Å². The molecule has 4 rings (SSSR count). The molecule has 1 heterocycles. The second kappa shape index (κ2) is 9.82. The molecule has 0 saturated heterocycles. The largest absolute Gasteiger partial charge is 0.321 e. The second-order valence-electron chi connectivity index (χ2n) is 7.32. The van der Waals surface area contributed by atoms with Crippen molar-refractivity contribution in [3.8, 4) is 0 Å². The number of thiophene rings is 1. The summed E-state index contributed by atoms with van der Waals surface area (Å²) in [4.78, 5) is 35.6. The van der Waals surface area contributed by atoms with Gasteiger partial charge in [0.05, 0.1) is 16.2 Å². The fourth-order valence-electron chi connectivity index (χ4n) is 3.12. The number of benzene rings is 3. The number of fused-ring (bicyclic) bond motifs is 1. The van der Waals surface area contributed by atoms with Gasteiger partial charge in [-0.3, -0.25) is 19.7 Å². The summed E-state index contributed by atoms with van der Waals surface area (Å²) < 4.78 is 0.941. The van der Waals surface area contributed by atoms with Crippen molar-refractivity contribution in [1.29, 1.82) is 0 Å². The number of carbonyl (C=O) groups excluding carboxylic acids is 2. The van der Waals surface area contributed by atoms with E-state index in [9.17, 15) is 19.7 Å². The molecule has 1 aromatic heterocycles. The van der Waals surface area contributed by atoms with Gasteiger partial charge in [-0.05, 0) is 60.5 Å². The molecular weight excluding hydrogens is 476 g/mol. The first-order valence-electron chi connectivity index (χ1n) is 10.00. The van der Waals surface area contributed by atoms with E-state index in [1.165, 1.54) is 41.8 Å². The van der Waals surface area contributed by atoms with E-state index in [1.807, 2.05) is 25.1 Å². The first-order chi connectivity index (χ1) is 16.3. The lowest BCUT2D eigenvalue weighted by Gasteiger charge is -2.05. The zero-order chi connectivity index (χ0) is 24.2. The zero-order valence-corrected chi connectivity index (χ0v) is 19.3. The Labute approximate surface area is 203 Å². The molecule has 0 saturated carbocycles. The van der Waals surface area contributed by atoms with E-state index in [-0.39, 0.29) is 11.6 Å². The average Bonchev–Trinajstić information content (AvgIpc) is 3.15. The highest BCUT2D eigenvalue weighted by Crippen LogP contribution is 2.36. The third-order valence-electron chi connectivity index (χ3n) is 4.88. The quantitative estimate of drug-likeness (QED) is 0.201. The number of hydrogen-bond acceptors (Lipinski definition) is 6. The van der Waals surface area contributed by atoms with Gasteiger partial charge in [0.1, 0.15) is 4.88 Å². The Morgan fingerprint density at radius 2 is 1.74 bits per heavy atom. The Bertz CT molecular complexity index is 1430. The standard InChI is InChI=1S/C24H17ClN4O4S/c1-14-2-11-19-20(12-14)34-22(21(19)25)24(31)27-17-7-5-16(6-8-17)23(30)28-26-13-15-3-9-18(10-4-15)29(32)33/h2-13H,1H3,(H,27,31)(H,28,30)/b26-13-. The van der Waals surface area contributed by atoms with Crippen molar-refractivity contribution in [1.82, 2.24) is 5.43 Å². The molecule has 0 radical (unpaired) electrons. The maximum Gasteiger partial charge on any atom is 0.271 e. The van der Waals surface area contributed by atoms with Gasteiger partial charge in [-0.2, -0.15) is 5.10 Å². The molecular formula is C24H17ClN4O4S. The summed E-state index contributed by atoms with van der Waals surface area (Å²) >= 11 is 7.73. The molecule has 4 aromatic rings. The summed E-state index contributed by atoms with van der Waals surface area (Å²) in [7, 11) is 0. The van der Waals surface area contributed by atoms with Gasteiger partial charge in [0.25, 0.3) is 17.5 Å². The molecule has 0 aliphatic heterocycles. The first kappa shape index (κ1) is 23.1.